The van der Waals surface area contributed by atoms with E-state index < -0.39 is 0 Å². The zero-order chi connectivity index (χ0) is 16.2. The number of hydrogen-bond donors (Lipinski definition) is 0. The number of benzene rings is 1. The summed E-state index contributed by atoms with van der Waals surface area (Å²) < 4.78 is 7.70. The lowest BCUT2D eigenvalue weighted by atomic mass is 10.2. The lowest BCUT2D eigenvalue weighted by molar-refractivity contribution is -0.131. The minimum Gasteiger partial charge on any atom is -0.485 e. The van der Waals surface area contributed by atoms with Crippen molar-refractivity contribution >= 4 is 11.6 Å². The molecule has 0 bridgehead atoms. The highest BCUT2D eigenvalue weighted by Crippen LogP contribution is 2.32. The first kappa shape index (κ1) is 15.4. The highest BCUT2D eigenvalue weighted by atomic mass is 16.5. The first-order valence-corrected chi connectivity index (χ1v) is 7.89. The normalized spacial score (nSPS) is 16.6. The van der Waals surface area contributed by atoms with E-state index in [0.717, 1.165) is 24.5 Å². The Bertz CT molecular complexity index is 656. The van der Waals surface area contributed by atoms with E-state index in [1.54, 1.807) is 22.0 Å². The van der Waals surface area contributed by atoms with Gasteiger partial charge in [-0.2, -0.15) is 5.10 Å². The number of hydrogen-bond acceptors (Lipinski definition) is 4. The number of nitrogens with zero attached hydrogens (tertiary/aromatic N) is 4. The van der Waals surface area contributed by atoms with Crippen LogP contribution in [0.5, 0.6) is 5.75 Å². The second kappa shape index (κ2) is 6.73. The van der Waals surface area contributed by atoms with Crippen LogP contribution in [0.15, 0.2) is 42.7 Å². The van der Waals surface area contributed by atoms with E-state index in [4.69, 9.17) is 4.74 Å². The number of aromatic nitrogens is 2. The minimum absolute atomic E-state index is 0.0270. The number of amides is 1. The number of carbonyl (C=O) groups excluding carboxylic acids is 1. The molecule has 0 saturated carbocycles. The van der Waals surface area contributed by atoms with Crippen molar-refractivity contribution in [1.29, 1.82) is 0 Å². The van der Waals surface area contributed by atoms with Crippen molar-refractivity contribution < 1.29 is 9.53 Å². The van der Waals surface area contributed by atoms with E-state index in [1.807, 2.05) is 31.3 Å². The van der Waals surface area contributed by atoms with Crippen molar-refractivity contribution in [2.45, 2.75) is 19.6 Å². The molecule has 6 heteroatoms. The average Bonchev–Trinajstić information content (AvgIpc) is 3.07. The highest BCUT2D eigenvalue weighted by Gasteiger charge is 2.26. The van der Waals surface area contributed by atoms with Gasteiger partial charge in [-0.15, -0.1) is 0 Å². The zero-order valence-corrected chi connectivity index (χ0v) is 13.6. The van der Waals surface area contributed by atoms with Gasteiger partial charge in [0.25, 0.3) is 0 Å². The Morgan fingerprint density at radius 2 is 2.22 bits per heavy atom. The molecule has 1 aliphatic heterocycles. The highest BCUT2D eigenvalue weighted by molar-refractivity contribution is 5.75. The van der Waals surface area contributed by atoms with Gasteiger partial charge in [0.1, 0.15) is 18.4 Å². The van der Waals surface area contributed by atoms with Gasteiger partial charge in [-0.3, -0.25) is 9.48 Å². The van der Waals surface area contributed by atoms with E-state index in [-0.39, 0.29) is 18.6 Å². The third kappa shape index (κ3) is 3.47. The van der Waals surface area contributed by atoms with Crippen LogP contribution in [0.2, 0.25) is 0 Å². The largest absolute Gasteiger partial charge is 0.485 e. The number of para-hydroxylation sites is 2. The van der Waals surface area contributed by atoms with Crippen molar-refractivity contribution in [2.24, 2.45) is 0 Å². The Morgan fingerprint density at radius 1 is 1.39 bits per heavy atom. The summed E-state index contributed by atoms with van der Waals surface area (Å²) in [5.41, 5.74) is 1.12. The van der Waals surface area contributed by atoms with Gasteiger partial charge in [-0.25, -0.2) is 0 Å². The SMILES string of the molecule is CCN1C[C@@H](CN(C)C(=O)Cn2cccn2)Oc2ccccc21. The molecule has 0 radical (unpaired) electrons. The molecule has 0 saturated heterocycles. The molecule has 6 nitrogen and oxygen atoms in total. The van der Waals surface area contributed by atoms with Crippen LogP contribution in [0.1, 0.15) is 6.92 Å². The standard InChI is InChI=1S/C17H22N4O2/c1-3-20-12-14(23-16-8-5-4-7-15(16)20)11-19(2)17(22)13-21-10-6-9-18-21/h4-10,14H,3,11-13H2,1-2H3/t14-/m1/s1. The Morgan fingerprint density at radius 3 is 2.96 bits per heavy atom. The fraction of sp³-hybridized carbons (Fsp3) is 0.412. The van der Waals surface area contributed by atoms with Gasteiger partial charge in [0.2, 0.25) is 5.91 Å². The fourth-order valence-electron chi connectivity index (χ4n) is 2.83. The summed E-state index contributed by atoms with van der Waals surface area (Å²) in [4.78, 5) is 16.3. The van der Waals surface area contributed by atoms with Gasteiger partial charge >= 0.3 is 0 Å². The van der Waals surface area contributed by atoms with Crippen molar-refractivity contribution in [3.8, 4) is 5.75 Å². The van der Waals surface area contributed by atoms with Crippen molar-refractivity contribution in [1.82, 2.24) is 14.7 Å². The molecule has 0 aliphatic carbocycles. The summed E-state index contributed by atoms with van der Waals surface area (Å²) in [6.07, 6.45) is 3.43. The lowest BCUT2D eigenvalue weighted by Gasteiger charge is -2.37. The van der Waals surface area contributed by atoms with Gasteiger partial charge in [0.15, 0.2) is 0 Å². The number of anilines is 1. The van der Waals surface area contributed by atoms with E-state index >= 15 is 0 Å². The van der Waals surface area contributed by atoms with E-state index in [2.05, 4.69) is 23.0 Å². The Balaban J connectivity index is 1.63. The monoisotopic (exact) mass is 314 g/mol. The fourth-order valence-corrected chi connectivity index (χ4v) is 2.83. The smallest absolute Gasteiger partial charge is 0.244 e. The van der Waals surface area contributed by atoms with Crippen molar-refractivity contribution in [3.63, 3.8) is 0 Å². The lowest BCUT2D eigenvalue weighted by Crippen LogP contribution is -2.47. The number of ether oxygens (including phenoxy) is 1. The molecular formula is C17H22N4O2. The molecule has 1 aromatic carbocycles. The molecule has 23 heavy (non-hydrogen) atoms. The quantitative estimate of drug-likeness (QED) is 0.842. The summed E-state index contributed by atoms with van der Waals surface area (Å²) in [6.45, 7) is 4.65. The number of likely N-dealkylation sites (N-methyl/N-ethyl adjacent to an activating group) is 2. The predicted molar refractivity (Wildman–Crippen MR) is 88.6 cm³/mol. The van der Waals surface area contributed by atoms with Gasteiger partial charge in [0.05, 0.1) is 18.8 Å². The van der Waals surface area contributed by atoms with Crippen LogP contribution in [-0.2, 0) is 11.3 Å². The van der Waals surface area contributed by atoms with Crippen LogP contribution in [0, 0.1) is 0 Å². The first-order chi connectivity index (χ1) is 11.2. The zero-order valence-electron chi connectivity index (χ0n) is 13.6. The Hall–Kier alpha value is -2.50. The topological polar surface area (TPSA) is 50.6 Å². The van der Waals surface area contributed by atoms with E-state index in [0.29, 0.717) is 6.54 Å². The summed E-state index contributed by atoms with van der Waals surface area (Å²) in [7, 11) is 1.81. The molecule has 2 aromatic rings. The molecule has 0 fully saturated rings. The van der Waals surface area contributed by atoms with Crippen LogP contribution in [0.25, 0.3) is 0 Å². The maximum Gasteiger partial charge on any atom is 0.244 e. The second-order valence-electron chi connectivity index (χ2n) is 5.72. The van der Waals surface area contributed by atoms with Crippen molar-refractivity contribution in [3.05, 3.63) is 42.7 Å². The van der Waals surface area contributed by atoms with Crippen LogP contribution in [0.3, 0.4) is 0 Å². The number of fused-ring (bicyclic) bond motifs is 1. The maximum atomic E-state index is 12.3. The van der Waals surface area contributed by atoms with Crippen LogP contribution >= 0.6 is 0 Å². The summed E-state index contributed by atoms with van der Waals surface area (Å²) in [5.74, 6) is 0.915. The predicted octanol–water partition coefficient (Wildman–Crippen LogP) is 1.63. The minimum atomic E-state index is -0.0311. The molecule has 1 aromatic heterocycles. The molecular weight excluding hydrogens is 292 g/mol. The van der Waals surface area contributed by atoms with Crippen LogP contribution < -0.4 is 9.64 Å². The third-order valence-corrected chi connectivity index (χ3v) is 4.07. The Labute approximate surface area is 136 Å². The molecule has 1 aliphatic rings. The van der Waals surface area contributed by atoms with Crippen molar-refractivity contribution in [2.75, 3.05) is 31.6 Å². The first-order valence-electron chi connectivity index (χ1n) is 7.89. The van der Waals surface area contributed by atoms with Gasteiger partial charge in [0, 0.05) is 26.0 Å². The molecule has 122 valence electrons. The van der Waals surface area contributed by atoms with Gasteiger partial charge in [-0.1, -0.05) is 12.1 Å². The molecule has 0 spiro atoms. The van der Waals surface area contributed by atoms with Gasteiger partial charge in [-0.05, 0) is 25.1 Å². The molecule has 1 amide bonds. The van der Waals surface area contributed by atoms with E-state index in [1.165, 1.54) is 0 Å². The second-order valence-corrected chi connectivity index (χ2v) is 5.72. The summed E-state index contributed by atoms with van der Waals surface area (Å²) in [5, 5.41) is 4.07. The molecule has 0 unspecified atom stereocenters. The maximum absolute atomic E-state index is 12.3. The Kier molecular flexibility index (Phi) is 4.50. The number of rotatable bonds is 5. The third-order valence-electron chi connectivity index (χ3n) is 4.07. The van der Waals surface area contributed by atoms with Crippen LogP contribution in [0.4, 0.5) is 5.69 Å². The van der Waals surface area contributed by atoms with Gasteiger partial charge < -0.3 is 14.5 Å². The molecule has 2 heterocycles. The number of carbonyl (C=O) groups is 1. The molecule has 1 atom stereocenters. The van der Waals surface area contributed by atoms with Crippen LogP contribution in [-0.4, -0.2) is 53.4 Å². The summed E-state index contributed by atoms with van der Waals surface area (Å²) >= 11 is 0. The molecule has 3 rings (SSSR count). The average molecular weight is 314 g/mol. The summed E-state index contributed by atoms with van der Waals surface area (Å²) in [6, 6.07) is 9.86. The molecule has 0 N–H and O–H groups in total. The van der Waals surface area contributed by atoms with E-state index in [9.17, 15) is 4.79 Å².